The Hall–Kier alpha value is -1.71. The number of rotatable bonds is 7. The van der Waals surface area contributed by atoms with Gasteiger partial charge in [0, 0.05) is 0 Å². The standard InChI is InChI=1S/C15H23NO3/c1-5-7-12(15(17)19-6-2)16-13-10-11(3)8-9-14(13)18-4/h8-10,12,16H,5-7H2,1-4H3. The molecule has 1 atom stereocenters. The number of carbonyl (C=O) groups excluding carboxylic acids is 1. The molecule has 0 fully saturated rings. The van der Waals surface area contributed by atoms with Crippen molar-refractivity contribution in [2.24, 2.45) is 0 Å². The summed E-state index contributed by atoms with van der Waals surface area (Å²) in [5, 5.41) is 3.23. The molecule has 1 N–H and O–H groups in total. The summed E-state index contributed by atoms with van der Waals surface area (Å²) in [7, 11) is 1.62. The number of nitrogens with one attached hydrogen (secondary N) is 1. The molecule has 0 aromatic heterocycles. The first-order chi connectivity index (χ1) is 9.12. The Morgan fingerprint density at radius 2 is 2.11 bits per heavy atom. The fraction of sp³-hybridized carbons (Fsp3) is 0.533. The van der Waals surface area contributed by atoms with Gasteiger partial charge in [-0.3, -0.25) is 0 Å². The normalized spacial score (nSPS) is 11.8. The highest BCUT2D eigenvalue weighted by atomic mass is 16.5. The van der Waals surface area contributed by atoms with E-state index in [-0.39, 0.29) is 12.0 Å². The van der Waals surface area contributed by atoms with Gasteiger partial charge in [-0.05, 0) is 38.0 Å². The lowest BCUT2D eigenvalue weighted by Gasteiger charge is -2.19. The summed E-state index contributed by atoms with van der Waals surface area (Å²) in [6.45, 7) is 6.25. The number of hydrogen-bond donors (Lipinski definition) is 1. The second kappa shape index (κ2) is 7.67. The Morgan fingerprint density at radius 1 is 1.37 bits per heavy atom. The minimum Gasteiger partial charge on any atom is -0.495 e. The SMILES string of the molecule is CCCC(Nc1cc(C)ccc1OC)C(=O)OCC. The van der Waals surface area contributed by atoms with Crippen LogP contribution in [-0.4, -0.2) is 25.7 Å². The maximum Gasteiger partial charge on any atom is 0.328 e. The van der Waals surface area contributed by atoms with Crippen molar-refractivity contribution in [1.82, 2.24) is 0 Å². The molecule has 1 aromatic rings. The third kappa shape index (κ3) is 4.47. The number of anilines is 1. The number of aryl methyl sites for hydroxylation is 1. The van der Waals surface area contributed by atoms with E-state index in [1.165, 1.54) is 0 Å². The monoisotopic (exact) mass is 265 g/mol. The minimum atomic E-state index is -0.333. The van der Waals surface area contributed by atoms with E-state index < -0.39 is 0 Å². The topological polar surface area (TPSA) is 47.6 Å². The van der Waals surface area contributed by atoms with Crippen LogP contribution in [0.5, 0.6) is 5.75 Å². The summed E-state index contributed by atoms with van der Waals surface area (Å²) in [5.41, 5.74) is 1.94. The van der Waals surface area contributed by atoms with E-state index in [0.717, 1.165) is 29.8 Å². The summed E-state index contributed by atoms with van der Waals surface area (Å²) in [5.74, 6) is 0.518. The van der Waals surface area contributed by atoms with Gasteiger partial charge in [-0.15, -0.1) is 0 Å². The quantitative estimate of drug-likeness (QED) is 0.769. The molecule has 0 bridgehead atoms. The molecular formula is C15H23NO3. The molecule has 1 rings (SSSR count). The second-order valence-corrected chi connectivity index (χ2v) is 4.44. The van der Waals surface area contributed by atoms with E-state index in [9.17, 15) is 4.79 Å². The molecular weight excluding hydrogens is 242 g/mol. The maximum atomic E-state index is 11.9. The van der Waals surface area contributed by atoms with E-state index in [0.29, 0.717) is 6.61 Å². The predicted octanol–water partition coefficient (Wildman–Crippen LogP) is 3.15. The van der Waals surface area contributed by atoms with Crippen LogP contribution in [0.25, 0.3) is 0 Å². The van der Waals surface area contributed by atoms with Gasteiger partial charge in [0.25, 0.3) is 0 Å². The van der Waals surface area contributed by atoms with E-state index in [1.54, 1.807) is 7.11 Å². The molecule has 0 amide bonds. The molecule has 0 spiro atoms. The average molecular weight is 265 g/mol. The van der Waals surface area contributed by atoms with Crippen LogP contribution in [-0.2, 0) is 9.53 Å². The average Bonchev–Trinajstić information content (AvgIpc) is 2.39. The number of esters is 1. The summed E-state index contributed by atoms with van der Waals surface area (Å²) in [4.78, 5) is 11.9. The molecule has 1 aromatic carbocycles. The van der Waals surface area contributed by atoms with Gasteiger partial charge in [0.2, 0.25) is 0 Å². The van der Waals surface area contributed by atoms with E-state index >= 15 is 0 Å². The van der Waals surface area contributed by atoms with Crippen LogP contribution in [0.4, 0.5) is 5.69 Å². The van der Waals surface area contributed by atoms with E-state index in [1.807, 2.05) is 39.0 Å². The molecule has 0 heterocycles. The Balaban J connectivity index is 2.89. The molecule has 0 aliphatic rings. The van der Waals surface area contributed by atoms with Crippen molar-refractivity contribution in [3.05, 3.63) is 23.8 Å². The number of benzene rings is 1. The van der Waals surface area contributed by atoms with Crippen molar-refractivity contribution < 1.29 is 14.3 Å². The van der Waals surface area contributed by atoms with Crippen LogP contribution in [0, 0.1) is 6.92 Å². The molecule has 0 saturated carbocycles. The van der Waals surface area contributed by atoms with Gasteiger partial charge in [-0.1, -0.05) is 19.4 Å². The van der Waals surface area contributed by atoms with Crippen LogP contribution in [0.2, 0.25) is 0 Å². The van der Waals surface area contributed by atoms with Crippen LogP contribution < -0.4 is 10.1 Å². The largest absolute Gasteiger partial charge is 0.495 e. The third-order valence-electron chi connectivity index (χ3n) is 2.83. The lowest BCUT2D eigenvalue weighted by molar-refractivity contribution is -0.144. The molecule has 4 nitrogen and oxygen atoms in total. The summed E-state index contributed by atoms with van der Waals surface area (Å²) >= 11 is 0. The Morgan fingerprint density at radius 3 is 2.68 bits per heavy atom. The third-order valence-corrected chi connectivity index (χ3v) is 2.83. The summed E-state index contributed by atoms with van der Waals surface area (Å²) in [6, 6.07) is 5.51. The first-order valence-electron chi connectivity index (χ1n) is 6.70. The summed E-state index contributed by atoms with van der Waals surface area (Å²) < 4.78 is 10.4. The Labute approximate surface area is 115 Å². The Kier molecular flexibility index (Phi) is 6.19. The molecule has 1 unspecified atom stereocenters. The second-order valence-electron chi connectivity index (χ2n) is 4.44. The molecule has 4 heteroatoms. The number of methoxy groups -OCH3 is 1. The van der Waals surface area contributed by atoms with Gasteiger partial charge in [-0.2, -0.15) is 0 Å². The van der Waals surface area contributed by atoms with Crippen molar-refractivity contribution in [3.8, 4) is 5.75 Å². The van der Waals surface area contributed by atoms with Crippen molar-refractivity contribution in [3.63, 3.8) is 0 Å². The highest BCUT2D eigenvalue weighted by Crippen LogP contribution is 2.26. The van der Waals surface area contributed by atoms with Gasteiger partial charge < -0.3 is 14.8 Å². The van der Waals surface area contributed by atoms with E-state index in [4.69, 9.17) is 9.47 Å². The van der Waals surface area contributed by atoms with Crippen molar-refractivity contribution in [1.29, 1.82) is 0 Å². The molecule has 0 radical (unpaired) electrons. The Bertz CT molecular complexity index is 418. The lowest BCUT2D eigenvalue weighted by atomic mass is 10.1. The minimum absolute atomic E-state index is 0.215. The zero-order chi connectivity index (χ0) is 14.3. The smallest absolute Gasteiger partial charge is 0.328 e. The van der Waals surface area contributed by atoms with Crippen LogP contribution >= 0.6 is 0 Å². The molecule has 0 aliphatic carbocycles. The highest BCUT2D eigenvalue weighted by molar-refractivity contribution is 5.80. The molecule has 19 heavy (non-hydrogen) atoms. The first-order valence-corrected chi connectivity index (χ1v) is 6.70. The number of ether oxygens (including phenoxy) is 2. The first kappa shape index (κ1) is 15.3. The fourth-order valence-electron chi connectivity index (χ4n) is 1.90. The molecule has 106 valence electrons. The van der Waals surface area contributed by atoms with Gasteiger partial charge in [-0.25, -0.2) is 4.79 Å². The van der Waals surface area contributed by atoms with Crippen molar-refractivity contribution in [2.75, 3.05) is 19.0 Å². The zero-order valence-electron chi connectivity index (χ0n) is 12.2. The van der Waals surface area contributed by atoms with Gasteiger partial charge in [0.05, 0.1) is 19.4 Å². The molecule has 0 saturated heterocycles. The van der Waals surface area contributed by atoms with Crippen LogP contribution in [0.3, 0.4) is 0 Å². The van der Waals surface area contributed by atoms with Gasteiger partial charge in [0.1, 0.15) is 11.8 Å². The zero-order valence-corrected chi connectivity index (χ0v) is 12.2. The predicted molar refractivity (Wildman–Crippen MR) is 76.7 cm³/mol. The van der Waals surface area contributed by atoms with Gasteiger partial charge in [0.15, 0.2) is 0 Å². The maximum absolute atomic E-state index is 11.9. The van der Waals surface area contributed by atoms with Crippen molar-refractivity contribution in [2.45, 2.75) is 39.7 Å². The highest BCUT2D eigenvalue weighted by Gasteiger charge is 2.20. The summed E-state index contributed by atoms with van der Waals surface area (Å²) in [6.07, 6.45) is 1.64. The van der Waals surface area contributed by atoms with Crippen molar-refractivity contribution >= 4 is 11.7 Å². The molecule has 0 aliphatic heterocycles. The fourth-order valence-corrected chi connectivity index (χ4v) is 1.90. The van der Waals surface area contributed by atoms with Crippen LogP contribution in [0.1, 0.15) is 32.3 Å². The van der Waals surface area contributed by atoms with Gasteiger partial charge >= 0.3 is 5.97 Å². The van der Waals surface area contributed by atoms with Crippen LogP contribution in [0.15, 0.2) is 18.2 Å². The van der Waals surface area contributed by atoms with E-state index in [2.05, 4.69) is 5.32 Å². The lowest BCUT2D eigenvalue weighted by Crippen LogP contribution is -2.31. The number of carbonyl (C=O) groups is 1. The number of hydrogen-bond acceptors (Lipinski definition) is 4.